The quantitative estimate of drug-likeness (QED) is 0.362. The predicted octanol–water partition coefficient (Wildman–Crippen LogP) is 3.13. The van der Waals surface area contributed by atoms with Crippen LogP contribution in [0.25, 0.3) is 0 Å². The number of ether oxygens (including phenoxy) is 1. The number of aromatic nitrogens is 1. The number of hydrogen-bond donors (Lipinski definition) is 2. The molecular weight excluding hydrogens is 477 g/mol. The van der Waals surface area contributed by atoms with Crippen molar-refractivity contribution < 1.29 is 9.53 Å². The monoisotopic (exact) mass is 509 g/mol. The lowest BCUT2D eigenvalue weighted by atomic mass is 9.93. The number of nitrogens with zero attached hydrogens (tertiary/aromatic N) is 3. The zero-order valence-electron chi connectivity index (χ0n) is 16.7. The fourth-order valence-corrected chi connectivity index (χ4v) is 3.73. The lowest BCUT2D eigenvalue weighted by Gasteiger charge is -2.31. The number of halogens is 1. The summed E-state index contributed by atoms with van der Waals surface area (Å²) in [7, 11) is 0. The number of aliphatic imine (C=N–C) groups is 1. The van der Waals surface area contributed by atoms with E-state index in [9.17, 15) is 4.79 Å². The lowest BCUT2D eigenvalue weighted by Crippen LogP contribution is -2.48. The molecule has 1 aliphatic rings. The van der Waals surface area contributed by atoms with Crippen molar-refractivity contribution in [3.8, 4) is 0 Å². The van der Waals surface area contributed by atoms with Gasteiger partial charge in [0.15, 0.2) is 5.96 Å². The normalized spacial score (nSPS) is 16.0. The summed E-state index contributed by atoms with van der Waals surface area (Å²) >= 11 is 1.68. The summed E-state index contributed by atoms with van der Waals surface area (Å²) in [5.74, 6) is 0.465. The fraction of sp³-hybridized carbons (Fsp3) is 0.722. The molecule has 3 N–H and O–H groups in total. The maximum atomic E-state index is 11.7. The first kappa shape index (κ1) is 23.9. The molecule has 0 bridgehead atoms. The molecule has 2 rings (SSSR count). The van der Waals surface area contributed by atoms with E-state index in [4.69, 9.17) is 10.5 Å². The molecule has 0 radical (unpaired) electrons. The van der Waals surface area contributed by atoms with Gasteiger partial charge in [-0.05, 0) is 19.8 Å². The molecule has 154 valence electrons. The van der Waals surface area contributed by atoms with E-state index in [1.165, 1.54) is 0 Å². The zero-order valence-corrected chi connectivity index (χ0v) is 19.8. The number of nitrogens with one attached hydrogen (secondary N) is 1. The molecule has 0 spiro atoms. The van der Waals surface area contributed by atoms with Crippen LogP contribution in [0.1, 0.15) is 51.2 Å². The number of thiazole rings is 1. The fourth-order valence-electron chi connectivity index (χ4n) is 2.72. The number of rotatable bonds is 5. The van der Waals surface area contributed by atoms with Crippen LogP contribution in [0.4, 0.5) is 4.79 Å². The Hall–Kier alpha value is -1.10. The molecule has 0 aliphatic carbocycles. The SMILES string of the molecule is CCOC(=O)N1CCC(NC(N)=NCCc2nc(C(C)(C)C)cs2)CC1.I. The highest BCUT2D eigenvalue weighted by Gasteiger charge is 2.23. The molecule has 2 heterocycles. The van der Waals surface area contributed by atoms with E-state index in [-0.39, 0.29) is 41.5 Å². The van der Waals surface area contributed by atoms with Crippen LogP contribution in [0.5, 0.6) is 0 Å². The highest BCUT2D eigenvalue weighted by atomic mass is 127. The highest BCUT2D eigenvalue weighted by molar-refractivity contribution is 14.0. The van der Waals surface area contributed by atoms with Crippen LogP contribution in [-0.4, -0.2) is 54.2 Å². The molecule has 0 saturated carbocycles. The molecule has 1 aromatic rings. The Morgan fingerprint density at radius 1 is 1.44 bits per heavy atom. The topological polar surface area (TPSA) is 92.8 Å². The van der Waals surface area contributed by atoms with E-state index in [0.717, 1.165) is 30.0 Å². The van der Waals surface area contributed by atoms with Gasteiger partial charge in [0.05, 0.1) is 17.3 Å². The molecule has 1 amide bonds. The smallest absolute Gasteiger partial charge is 0.409 e. The van der Waals surface area contributed by atoms with Crippen LogP contribution < -0.4 is 11.1 Å². The molecule has 1 saturated heterocycles. The van der Waals surface area contributed by atoms with Gasteiger partial charge in [0.25, 0.3) is 0 Å². The lowest BCUT2D eigenvalue weighted by molar-refractivity contribution is 0.0963. The summed E-state index contributed by atoms with van der Waals surface area (Å²) in [6, 6.07) is 0.247. The minimum atomic E-state index is -0.231. The second-order valence-electron chi connectivity index (χ2n) is 7.50. The van der Waals surface area contributed by atoms with E-state index < -0.39 is 0 Å². The largest absolute Gasteiger partial charge is 0.450 e. The third kappa shape index (κ3) is 7.81. The summed E-state index contributed by atoms with van der Waals surface area (Å²) in [6.07, 6.45) is 2.25. The van der Waals surface area contributed by atoms with Gasteiger partial charge in [-0.3, -0.25) is 4.99 Å². The first-order valence-electron chi connectivity index (χ1n) is 9.22. The second-order valence-corrected chi connectivity index (χ2v) is 8.44. The molecule has 9 heteroatoms. The Labute approximate surface area is 183 Å². The number of hydrogen-bond acceptors (Lipinski definition) is 5. The predicted molar refractivity (Wildman–Crippen MR) is 121 cm³/mol. The van der Waals surface area contributed by atoms with Gasteiger partial charge in [-0.15, -0.1) is 35.3 Å². The van der Waals surface area contributed by atoms with Crippen LogP contribution in [0, 0.1) is 0 Å². The molecule has 0 atom stereocenters. The maximum Gasteiger partial charge on any atom is 0.409 e. The Balaban J connectivity index is 0.00000364. The van der Waals surface area contributed by atoms with Gasteiger partial charge < -0.3 is 20.7 Å². The first-order chi connectivity index (χ1) is 12.3. The molecule has 1 fully saturated rings. The van der Waals surface area contributed by atoms with Crippen molar-refractivity contribution in [1.82, 2.24) is 15.2 Å². The van der Waals surface area contributed by atoms with Gasteiger partial charge in [0, 0.05) is 42.9 Å². The standard InChI is InChI=1S/C18H31N5O2S.HI/c1-5-25-17(24)23-10-7-13(8-11-23)21-16(19)20-9-6-15-22-14(12-26-15)18(2,3)4;/h12-13H,5-11H2,1-4H3,(H3,19,20,21);1H. The zero-order chi connectivity index (χ0) is 19.2. The highest BCUT2D eigenvalue weighted by Crippen LogP contribution is 2.24. The van der Waals surface area contributed by atoms with E-state index in [2.05, 4.69) is 41.4 Å². The Morgan fingerprint density at radius 2 is 2.11 bits per heavy atom. The molecule has 7 nitrogen and oxygen atoms in total. The van der Waals surface area contributed by atoms with Crippen LogP contribution in [0.2, 0.25) is 0 Å². The van der Waals surface area contributed by atoms with Crippen molar-refractivity contribution in [2.75, 3.05) is 26.2 Å². The summed E-state index contributed by atoms with van der Waals surface area (Å²) < 4.78 is 5.03. The minimum absolute atomic E-state index is 0. The molecule has 1 aliphatic heterocycles. The van der Waals surface area contributed by atoms with E-state index >= 15 is 0 Å². The third-order valence-electron chi connectivity index (χ3n) is 4.30. The average molecular weight is 509 g/mol. The number of carbonyl (C=O) groups excluding carboxylic acids is 1. The third-order valence-corrected chi connectivity index (χ3v) is 5.21. The van der Waals surface area contributed by atoms with Crippen LogP contribution in [0.15, 0.2) is 10.4 Å². The Bertz CT molecular complexity index is 622. The molecule has 27 heavy (non-hydrogen) atoms. The van der Waals surface area contributed by atoms with Crippen molar-refractivity contribution >= 4 is 47.4 Å². The molecule has 0 unspecified atom stereocenters. The van der Waals surface area contributed by atoms with Crippen molar-refractivity contribution in [1.29, 1.82) is 0 Å². The Kier molecular flexibility index (Phi) is 9.78. The number of likely N-dealkylation sites (tertiary alicyclic amines) is 1. The van der Waals surface area contributed by atoms with Gasteiger partial charge in [0.1, 0.15) is 0 Å². The number of amides is 1. The number of piperidine rings is 1. The van der Waals surface area contributed by atoms with E-state index in [1.807, 2.05) is 6.92 Å². The maximum absolute atomic E-state index is 11.7. The summed E-state index contributed by atoms with van der Waals surface area (Å²) in [4.78, 5) is 22.5. The average Bonchev–Trinajstić information content (AvgIpc) is 3.05. The van der Waals surface area contributed by atoms with Crippen molar-refractivity contribution in [2.45, 2.75) is 58.4 Å². The van der Waals surface area contributed by atoms with Crippen molar-refractivity contribution in [2.24, 2.45) is 10.7 Å². The number of carbonyl (C=O) groups is 1. The molecule has 1 aromatic heterocycles. The Morgan fingerprint density at radius 3 is 2.67 bits per heavy atom. The molecule has 0 aromatic carbocycles. The van der Waals surface area contributed by atoms with Gasteiger partial charge >= 0.3 is 6.09 Å². The first-order valence-corrected chi connectivity index (χ1v) is 10.1. The van der Waals surface area contributed by atoms with E-state index in [0.29, 0.717) is 32.2 Å². The summed E-state index contributed by atoms with van der Waals surface area (Å²) in [5, 5.41) is 6.47. The number of guanidine groups is 1. The van der Waals surface area contributed by atoms with Gasteiger partial charge in [0.2, 0.25) is 0 Å². The number of nitrogens with two attached hydrogens (primary N) is 1. The minimum Gasteiger partial charge on any atom is -0.450 e. The second kappa shape index (κ2) is 11.0. The van der Waals surface area contributed by atoms with Gasteiger partial charge in [-0.25, -0.2) is 9.78 Å². The van der Waals surface area contributed by atoms with Crippen molar-refractivity contribution in [3.63, 3.8) is 0 Å². The van der Waals surface area contributed by atoms with Gasteiger partial charge in [-0.1, -0.05) is 20.8 Å². The summed E-state index contributed by atoms with van der Waals surface area (Å²) in [6.45, 7) is 10.7. The summed E-state index contributed by atoms with van der Waals surface area (Å²) in [5.41, 5.74) is 7.21. The van der Waals surface area contributed by atoms with Crippen LogP contribution in [0.3, 0.4) is 0 Å². The molecular formula is C18H32IN5O2S. The van der Waals surface area contributed by atoms with E-state index in [1.54, 1.807) is 16.2 Å². The van der Waals surface area contributed by atoms with Crippen molar-refractivity contribution in [3.05, 3.63) is 16.1 Å². The van der Waals surface area contributed by atoms with Gasteiger partial charge in [-0.2, -0.15) is 0 Å². The van der Waals surface area contributed by atoms with Crippen LogP contribution in [-0.2, 0) is 16.6 Å². The van der Waals surface area contributed by atoms with Crippen LogP contribution >= 0.6 is 35.3 Å².